The van der Waals surface area contributed by atoms with E-state index in [4.69, 9.17) is 22.7 Å². The molecule has 0 spiro atoms. The molecule has 1 heterocycles. The van der Waals surface area contributed by atoms with E-state index in [1.165, 1.54) is 11.1 Å². The number of halogens is 1. The van der Waals surface area contributed by atoms with E-state index in [1.54, 1.807) is 0 Å². The quantitative estimate of drug-likeness (QED) is 0.864. The van der Waals surface area contributed by atoms with Crippen molar-refractivity contribution in [1.29, 1.82) is 0 Å². The van der Waals surface area contributed by atoms with Gasteiger partial charge in [0.15, 0.2) is 0 Å². The van der Waals surface area contributed by atoms with Gasteiger partial charge in [-0.25, -0.2) is 0 Å². The number of thiocarbonyl (C=S) groups is 1. The molecule has 2 rings (SSSR count). The van der Waals surface area contributed by atoms with Gasteiger partial charge in [0.25, 0.3) is 0 Å². The first-order chi connectivity index (χ1) is 8.06. The van der Waals surface area contributed by atoms with Crippen LogP contribution < -0.4 is 10.5 Å². The predicted octanol–water partition coefficient (Wildman–Crippen LogP) is 2.10. The lowest BCUT2D eigenvalue weighted by Crippen LogP contribution is -2.29. The molecule has 0 bridgehead atoms. The van der Waals surface area contributed by atoms with Gasteiger partial charge in [0.1, 0.15) is 5.75 Å². The molecule has 0 saturated heterocycles. The highest BCUT2D eigenvalue weighted by molar-refractivity contribution is 9.10. The lowest BCUT2D eigenvalue weighted by atomic mass is 10.1. The van der Waals surface area contributed by atoms with Gasteiger partial charge < -0.3 is 10.5 Å². The Labute approximate surface area is 115 Å². The lowest BCUT2D eigenvalue weighted by molar-refractivity contribution is 0.333. The molecular formula is C12H15BrN2OS. The van der Waals surface area contributed by atoms with Gasteiger partial charge >= 0.3 is 0 Å². The lowest BCUT2D eigenvalue weighted by Gasteiger charge is -2.17. The summed E-state index contributed by atoms with van der Waals surface area (Å²) in [6.07, 6.45) is 0.987. The van der Waals surface area contributed by atoms with E-state index < -0.39 is 0 Å². The molecule has 1 aliphatic rings. The van der Waals surface area contributed by atoms with Crippen molar-refractivity contribution >= 4 is 33.1 Å². The molecule has 0 aromatic heterocycles. The fourth-order valence-electron chi connectivity index (χ4n) is 2.08. The van der Waals surface area contributed by atoms with Gasteiger partial charge in [-0.2, -0.15) is 0 Å². The van der Waals surface area contributed by atoms with E-state index >= 15 is 0 Å². The van der Waals surface area contributed by atoms with Crippen LogP contribution in [0, 0.1) is 0 Å². The predicted molar refractivity (Wildman–Crippen MR) is 76.5 cm³/mol. The second-order valence-corrected chi connectivity index (χ2v) is 5.73. The number of benzene rings is 1. The van der Waals surface area contributed by atoms with Crippen molar-refractivity contribution in [3.63, 3.8) is 0 Å². The smallest absolute Gasteiger partial charge is 0.127 e. The van der Waals surface area contributed by atoms with Crippen molar-refractivity contribution in [3.05, 3.63) is 27.7 Å². The average Bonchev–Trinajstić information content (AvgIpc) is 2.63. The zero-order valence-electron chi connectivity index (χ0n) is 9.70. The summed E-state index contributed by atoms with van der Waals surface area (Å²) in [4.78, 5) is 2.60. The Morgan fingerprint density at radius 2 is 2.35 bits per heavy atom. The number of nitrogens with two attached hydrogens (primary N) is 1. The molecule has 92 valence electrons. The van der Waals surface area contributed by atoms with Crippen molar-refractivity contribution < 1.29 is 4.74 Å². The minimum Gasteiger partial charge on any atom is -0.493 e. The van der Waals surface area contributed by atoms with Gasteiger partial charge in [0.2, 0.25) is 0 Å². The van der Waals surface area contributed by atoms with E-state index in [0.29, 0.717) is 11.5 Å². The van der Waals surface area contributed by atoms with E-state index in [9.17, 15) is 0 Å². The van der Waals surface area contributed by atoms with Crippen LogP contribution in [0.25, 0.3) is 0 Å². The van der Waals surface area contributed by atoms with Crippen LogP contribution in [0.3, 0.4) is 0 Å². The summed E-state index contributed by atoms with van der Waals surface area (Å²) in [5.41, 5.74) is 8.00. The minimum atomic E-state index is 0.514. The maximum atomic E-state index is 5.68. The highest BCUT2D eigenvalue weighted by atomic mass is 79.9. The van der Waals surface area contributed by atoms with Crippen molar-refractivity contribution in [3.8, 4) is 5.75 Å². The maximum Gasteiger partial charge on any atom is 0.127 e. The molecule has 0 aliphatic carbocycles. The van der Waals surface area contributed by atoms with Gasteiger partial charge in [-0.15, -0.1) is 0 Å². The average molecular weight is 315 g/mol. The topological polar surface area (TPSA) is 38.5 Å². The van der Waals surface area contributed by atoms with Crippen LogP contribution in [-0.4, -0.2) is 30.1 Å². The molecule has 5 heteroatoms. The third-order valence-corrected chi connectivity index (χ3v) is 3.28. The molecule has 0 unspecified atom stereocenters. The number of hydrogen-bond donors (Lipinski definition) is 1. The Kier molecular flexibility index (Phi) is 4.01. The van der Waals surface area contributed by atoms with E-state index in [0.717, 1.165) is 29.8 Å². The summed E-state index contributed by atoms with van der Waals surface area (Å²) in [6, 6.07) is 4.22. The summed E-state index contributed by atoms with van der Waals surface area (Å²) in [5.74, 6) is 1.03. The third kappa shape index (κ3) is 3.18. The number of fused-ring (bicyclic) bond motifs is 1. The summed E-state index contributed by atoms with van der Waals surface area (Å²) in [5, 5.41) is 0. The largest absolute Gasteiger partial charge is 0.493 e. The number of rotatable bonds is 4. The van der Waals surface area contributed by atoms with Crippen molar-refractivity contribution in [2.75, 3.05) is 20.2 Å². The van der Waals surface area contributed by atoms with Gasteiger partial charge in [-0.3, -0.25) is 4.90 Å². The fraction of sp³-hybridized carbons (Fsp3) is 0.417. The first-order valence-corrected chi connectivity index (χ1v) is 6.67. The molecule has 0 fully saturated rings. The fourth-order valence-corrected chi connectivity index (χ4v) is 2.85. The standard InChI is InChI=1S/C12H15BrN2OS/c1-15(7-11(14)17)6-9-5-10(13)4-8-2-3-16-12(8)9/h4-5H,2-3,6-7H2,1H3,(H2,14,17). The van der Waals surface area contributed by atoms with E-state index in [-0.39, 0.29) is 0 Å². The second kappa shape index (κ2) is 5.33. The molecule has 0 amide bonds. The van der Waals surface area contributed by atoms with Crippen LogP contribution in [-0.2, 0) is 13.0 Å². The van der Waals surface area contributed by atoms with Crippen LogP contribution >= 0.6 is 28.1 Å². The van der Waals surface area contributed by atoms with Crippen LogP contribution in [0.1, 0.15) is 11.1 Å². The van der Waals surface area contributed by atoms with Gasteiger partial charge in [-0.05, 0) is 24.7 Å². The van der Waals surface area contributed by atoms with Crippen LogP contribution in [0.4, 0.5) is 0 Å². The molecular weight excluding hydrogens is 300 g/mol. The number of ether oxygens (including phenoxy) is 1. The maximum absolute atomic E-state index is 5.68. The molecule has 1 aromatic rings. The van der Waals surface area contributed by atoms with Crippen molar-refractivity contribution in [1.82, 2.24) is 4.90 Å². The Balaban J connectivity index is 2.18. The highest BCUT2D eigenvalue weighted by Gasteiger charge is 2.18. The Hall–Kier alpha value is -0.650. The van der Waals surface area contributed by atoms with Crippen LogP contribution in [0.2, 0.25) is 0 Å². The normalized spacial score (nSPS) is 13.6. The van der Waals surface area contributed by atoms with Gasteiger partial charge in [-0.1, -0.05) is 28.1 Å². The molecule has 0 atom stereocenters. The number of nitrogens with zero attached hydrogens (tertiary/aromatic N) is 1. The number of hydrogen-bond acceptors (Lipinski definition) is 3. The second-order valence-electron chi connectivity index (χ2n) is 4.29. The van der Waals surface area contributed by atoms with E-state index in [1.807, 2.05) is 7.05 Å². The SMILES string of the molecule is CN(CC(N)=S)Cc1cc(Br)cc2c1OCC2. The third-order valence-electron chi connectivity index (χ3n) is 2.69. The van der Waals surface area contributed by atoms with Gasteiger partial charge in [0.05, 0.1) is 11.6 Å². The molecule has 2 N–H and O–H groups in total. The molecule has 3 nitrogen and oxygen atoms in total. The monoisotopic (exact) mass is 314 g/mol. The Morgan fingerprint density at radius 1 is 1.59 bits per heavy atom. The summed E-state index contributed by atoms with van der Waals surface area (Å²) in [7, 11) is 2.00. The van der Waals surface area contributed by atoms with E-state index in [2.05, 4.69) is 33.0 Å². The molecule has 1 aromatic carbocycles. The summed E-state index contributed by atoms with van der Waals surface area (Å²) >= 11 is 8.44. The van der Waals surface area contributed by atoms with Gasteiger partial charge in [0, 0.05) is 29.5 Å². The first-order valence-electron chi connectivity index (χ1n) is 5.47. The summed E-state index contributed by atoms with van der Waals surface area (Å²) < 4.78 is 6.78. The minimum absolute atomic E-state index is 0.514. The number of likely N-dealkylation sites (N-methyl/N-ethyl adjacent to an activating group) is 1. The molecule has 1 aliphatic heterocycles. The molecule has 17 heavy (non-hydrogen) atoms. The Bertz CT molecular complexity index is 450. The van der Waals surface area contributed by atoms with Crippen LogP contribution in [0.5, 0.6) is 5.75 Å². The van der Waals surface area contributed by atoms with Crippen molar-refractivity contribution in [2.24, 2.45) is 5.73 Å². The zero-order valence-corrected chi connectivity index (χ0v) is 12.1. The molecule has 0 radical (unpaired) electrons. The highest BCUT2D eigenvalue weighted by Crippen LogP contribution is 2.33. The van der Waals surface area contributed by atoms with Crippen molar-refractivity contribution in [2.45, 2.75) is 13.0 Å². The first kappa shape index (κ1) is 12.8. The zero-order chi connectivity index (χ0) is 12.4. The molecule has 0 saturated carbocycles. The summed E-state index contributed by atoms with van der Waals surface area (Å²) in [6.45, 7) is 2.19. The van der Waals surface area contributed by atoms with Crippen LogP contribution in [0.15, 0.2) is 16.6 Å². The Morgan fingerprint density at radius 3 is 3.06 bits per heavy atom.